The number of rotatable bonds is 3. The topological polar surface area (TPSA) is 50.7 Å². The first kappa shape index (κ1) is 14.3. The average molecular weight is 298 g/mol. The van der Waals surface area contributed by atoms with Gasteiger partial charge in [-0.3, -0.25) is 4.79 Å². The van der Waals surface area contributed by atoms with E-state index in [2.05, 4.69) is 10.5 Å². The van der Waals surface area contributed by atoms with Crippen LogP contribution in [0.25, 0.3) is 0 Å². The quantitative estimate of drug-likeness (QED) is 0.944. The molecule has 2 aromatic carbocycles. The molecule has 1 amide bonds. The van der Waals surface area contributed by atoms with Crippen molar-refractivity contribution in [3.8, 4) is 0 Å². The summed E-state index contributed by atoms with van der Waals surface area (Å²) in [6.45, 7) is 1.67. The Labute approximate surface area is 127 Å². The monoisotopic (exact) mass is 298 g/mol. The lowest BCUT2D eigenvalue weighted by Crippen LogP contribution is -2.40. The number of anilines is 1. The Hall–Kier alpha value is -2.69. The summed E-state index contributed by atoms with van der Waals surface area (Å²) in [5.74, 6) is -0.628. The van der Waals surface area contributed by atoms with Crippen LogP contribution in [-0.4, -0.2) is 17.2 Å². The van der Waals surface area contributed by atoms with E-state index in [0.29, 0.717) is 17.0 Å². The van der Waals surface area contributed by atoms with E-state index in [1.165, 1.54) is 12.1 Å². The summed E-state index contributed by atoms with van der Waals surface area (Å²) in [6.07, 6.45) is 0.287. The lowest BCUT2D eigenvalue weighted by atomic mass is 9.95. The van der Waals surface area contributed by atoms with Crippen LogP contribution in [0.1, 0.15) is 18.9 Å². The summed E-state index contributed by atoms with van der Waals surface area (Å²) in [7, 11) is 0. The van der Waals surface area contributed by atoms with E-state index in [1.54, 1.807) is 31.2 Å². The molecule has 112 valence electrons. The highest BCUT2D eigenvalue weighted by atomic mass is 19.1. The summed E-state index contributed by atoms with van der Waals surface area (Å²) in [4.78, 5) is 17.7. The number of hydrogen-bond donors (Lipinski definition) is 1. The molecule has 0 saturated carbocycles. The first-order valence-corrected chi connectivity index (χ1v) is 6.94. The second-order valence-corrected chi connectivity index (χ2v) is 5.37. The average Bonchev–Trinajstić information content (AvgIpc) is 2.92. The summed E-state index contributed by atoms with van der Waals surface area (Å²) in [5.41, 5.74) is 0.773. The molecule has 0 spiro atoms. The van der Waals surface area contributed by atoms with Crippen LogP contribution in [0.4, 0.5) is 10.1 Å². The number of halogens is 1. The zero-order valence-corrected chi connectivity index (χ0v) is 12.0. The lowest BCUT2D eigenvalue weighted by Gasteiger charge is -2.20. The van der Waals surface area contributed by atoms with E-state index in [4.69, 9.17) is 4.84 Å². The van der Waals surface area contributed by atoms with Crippen LogP contribution in [0.2, 0.25) is 0 Å². The van der Waals surface area contributed by atoms with Crippen molar-refractivity contribution in [1.29, 1.82) is 0 Å². The standard InChI is InChI=1S/C17H15FN2O2/c1-17(16(21)19-14-8-3-2-4-9-14)11-15(20-22-17)12-6-5-7-13(18)10-12/h2-10H,11H2,1H3,(H,19,21)/t17-/m1/s1. The van der Waals surface area contributed by atoms with Crippen molar-refractivity contribution in [3.63, 3.8) is 0 Å². The zero-order valence-electron chi connectivity index (χ0n) is 12.0. The molecule has 1 heterocycles. The SMILES string of the molecule is C[C@]1(C(=O)Nc2ccccc2)CC(c2cccc(F)c2)=NO1. The van der Waals surface area contributed by atoms with Crippen molar-refractivity contribution >= 4 is 17.3 Å². The summed E-state index contributed by atoms with van der Waals surface area (Å²) >= 11 is 0. The van der Waals surface area contributed by atoms with E-state index >= 15 is 0 Å². The van der Waals surface area contributed by atoms with Gasteiger partial charge in [0, 0.05) is 17.7 Å². The van der Waals surface area contributed by atoms with Crippen LogP contribution >= 0.6 is 0 Å². The summed E-state index contributed by atoms with van der Waals surface area (Å²) in [6, 6.07) is 15.2. The molecule has 5 heteroatoms. The van der Waals surface area contributed by atoms with Crippen LogP contribution in [0.15, 0.2) is 59.8 Å². The third-order valence-electron chi connectivity index (χ3n) is 3.53. The van der Waals surface area contributed by atoms with Crippen LogP contribution in [0.5, 0.6) is 0 Å². The molecule has 1 aliphatic heterocycles. The molecule has 1 atom stereocenters. The lowest BCUT2D eigenvalue weighted by molar-refractivity contribution is -0.135. The van der Waals surface area contributed by atoms with E-state index in [1.807, 2.05) is 18.2 Å². The Balaban J connectivity index is 1.73. The van der Waals surface area contributed by atoms with Gasteiger partial charge in [0.15, 0.2) is 0 Å². The molecule has 0 radical (unpaired) electrons. The molecule has 0 saturated heterocycles. The maximum Gasteiger partial charge on any atom is 0.271 e. The highest BCUT2D eigenvalue weighted by Crippen LogP contribution is 2.28. The first-order chi connectivity index (χ1) is 10.6. The first-order valence-electron chi connectivity index (χ1n) is 6.94. The molecule has 1 N–H and O–H groups in total. The number of nitrogens with zero attached hydrogens (tertiary/aromatic N) is 1. The molecular formula is C17H15FN2O2. The van der Waals surface area contributed by atoms with E-state index in [9.17, 15) is 9.18 Å². The van der Waals surface area contributed by atoms with E-state index < -0.39 is 5.60 Å². The van der Waals surface area contributed by atoms with E-state index in [-0.39, 0.29) is 18.1 Å². The summed E-state index contributed by atoms with van der Waals surface area (Å²) < 4.78 is 13.3. The van der Waals surface area contributed by atoms with Crippen LogP contribution in [0, 0.1) is 5.82 Å². The van der Waals surface area contributed by atoms with Gasteiger partial charge in [-0.1, -0.05) is 35.5 Å². The predicted octanol–water partition coefficient (Wildman–Crippen LogP) is 3.35. The van der Waals surface area contributed by atoms with Crippen molar-refractivity contribution in [2.75, 3.05) is 5.32 Å². The fraction of sp³-hybridized carbons (Fsp3) is 0.176. The molecule has 0 aliphatic carbocycles. The summed E-state index contributed by atoms with van der Waals surface area (Å²) in [5, 5.41) is 6.75. The molecule has 0 unspecified atom stereocenters. The van der Waals surface area contributed by atoms with Gasteiger partial charge in [0.25, 0.3) is 5.91 Å². The number of carbonyl (C=O) groups is 1. The predicted molar refractivity (Wildman–Crippen MR) is 82.1 cm³/mol. The van der Waals surface area contributed by atoms with Crippen LogP contribution in [-0.2, 0) is 9.63 Å². The molecule has 4 nitrogen and oxygen atoms in total. The van der Waals surface area contributed by atoms with Gasteiger partial charge in [-0.2, -0.15) is 0 Å². The Bertz CT molecular complexity index is 730. The van der Waals surface area contributed by atoms with Gasteiger partial charge in [-0.05, 0) is 31.2 Å². The van der Waals surface area contributed by atoms with Gasteiger partial charge in [0.2, 0.25) is 5.60 Å². The van der Waals surface area contributed by atoms with Gasteiger partial charge >= 0.3 is 0 Å². The maximum absolute atomic E-state index is 13.3. The van der Waals surface area contributed by atoms with Gasteiger partial charge in [0.1, 0.15) is 5.82 Å². The minimum Gasteiger partial charge on any atom is -0.379 e. The number of amides is 1. The smallest absolute Gasteiger partial charge is 0.271 e. The van der Waals surface area contributed by atoms with Gasteiger partial charge < -0.3 is 10.2 Å². The third kappa shape index (κ3) is 2.83. The largest absolute Gasteiger partial charge is 0.379 e. The maximum atomic E-state index is 13.3. The Morgan fingerprint density at radius 3 is 2.73 bits per heavy atom. The minimum absolute atomic E-state index is 0.283. The van der Waals surface area contributed by atoms with Gasteiger partial charge in [0.05, 0.1) is 5.71 Å². The number of para-hydroxylation sites is 1. The highest BCUT2D eigenvalue weighted by Gasteiger charge is 2.42. The van der Waals surface area contributed by atoms with Crippen molar-refractivity contribution in [2.24, 2.45) is 5.16 Å². The fourth-order valence-electron chi connectivity index (χ4n) is 2.27. The molecule has 1 aliphatic rings. The highest BCUT2D eigenvalue weighted by molar-refractivity contribution is 6.07. The number of nitrogens with one attached hydrogen (secondary N) is 1. The Morgan fingerprint density at radius 1 is 1.23 bits per heavy atom. The normalized spacial score (nSPS) is 20.2. The number of benzene rings is 2. The fourth-order valence-corrected chi connectivity index (χ4v) is 2.27. The third-order valence-corrected chi connectivity index (χ3v) is 3.53. The van der Waals surface area contributed by atoms with Crippen LogP contribution in [0.3, 0.4) is 0 Å². The number of oxime groups is 1. The molecule has 22 heavy (non-hydrogen) atoms. The van der Waals surface area contributed by atoms with Crippen molar-refractivity contribution in [1.82, 2.24) is 0 Å². The molecule has 2 aromatic rings. The van der Waals surface area contributed by atoms with Crippen molar-refractivity contribution in [2.45, 2.75) is 18.9 Å². The molecule has 0 fully saturated rings. The molecule has 3 rings (SSSR count). The second kappa shape index (κ2) is 5.60. The number of hydrogen-bond acceptors (Lipinski definition) is 3. The van der Waals surface area contributed by atoms with Gasteiger partial charge in [-0.25, -0.2) is 4.39 Å². The Kier molecular flexibility index (Phi) is 3.63. The van der Waals surface area contributed by atoms with Crippen LogP contribution < -0.4 is 5.32 Å². The Morgan fingerprint density at radius 2 is 2.00 bits per heavy atom. The molecular weight excluding hydrogens is 283 g/mol. The molecule has 0 bridgehead atoms. The zero-order chi connectivity index (χ0) is 15.6. The molecule has 0 aromatic heterocycles. The van der Waals surface area contributed by atoms with Gasteiger partial charge in [-0.15, -0.1) is 0 Å². The van der Waals surface area contributed by atoms with E-state index in [0.717, 1.165) is 0 Å². The minimum atomic E-state index is -1.10. The van der Waals surface area contributed by atoms with Crippen molar-refractivity contribution in [3.05, 3.63) is 66.0 Å². The number of carbonyl (C=O) groups excluding carboxylic acids is 1. The van der Waals surface area contributed by atoms with Crippen molar-refractivity contribution < 1.29 is 14.0 Å². The second-order valence-electron chi connectivity index (χ2n) is 5.37.